The predicted molar refractivity (Wildman–Crippen MR) is 143 cm³/mol. The highest BCUT2D eigenvalue weighted by atomic mass is 79.9. The van der Waals surface area contributed by atoms with Crippen LogP contribution in [0, 0.1) is 5.92 Å². The summed E-state index contributed by atoms with van der Waals surface area (Å²) in [6, 6.07) is 16.5. The zero-order valence-electron chi connectivity index (χ0n) is 19.4. The number of sulfonamides is 1. The zero-order chi connectivity index (χ0) is 25.8. The van der Waals surface area contributed by atoms with Crippen LogP contribution in [-0.4, -0.2) is 32.8 Å². The van der Waals surface area contributed by atoms with Crippen LogP contribution in [0.25, 0.3) is 0 Å². The lowest BCUT2D eigenvalue weighted by Crippen LogP contribution is -2.29. The average Bonchev–Trinajstić information content (AvgIpc) is 2.80. The molecule has 35 heavy (non-hydrogen) atoms. The van der Waals surface area contributed by atoms with Crippen molar-refractivity contribution in [2.75, 3.05) is 13.6 Å². The van der Waals surface area contributed by atoms with Crippen LogP contribution < -0.4 is 9.46 Å². The van der Waals surface area contributed by atoms with Gasteiger partial charge in [-0.15, -0.1) is 0 Å². The lowest BCUT2D eigenvalue weighted by molar-refractivity contribution is 0.0783. The number of hydrogen-bond acceptors (Lipinski definition) is 4. The maximum absolute atomic E-state index is 13.3. The van der Waals surface area contributed by atoms with E-state index in [1.807, 2.05) is 13.8 Å². The molecular formula is C25H25BrCl2N2O4S. The topological polar surface area (TPSA) is 75.7 Å². The van der Waals surface area contributed by atoms with Crippen LogP contribution >= 0.6 is 39.1 Å². The van der Waals surface area contributed by atoms with Crippen LogP contribution in [0.1, 0.15) is 29.8 Å². The molecule has 0 aromatic heterocycles. The van der Waals surface area contributed by atoms with Gasteiger partial charge in [-0.05, 0) is 82.5 Å². The normalized spacial score (nSPS) is 11.5. The number of amides is 1. The van der Waals surface area contributed by atoms with Crippen LogP contribution in [-0.2, 0) is 16.6 Å². The van der Waals surface area contributed by atoms with E-state index in [-0.39, 0.29) is 28.8 Å². The summed E-state index contributed by atoms with van der Waals surface area (Å²) in [5.74, 6) is 0.899. The minimum atomic E-state index is -3.75. The van der Waals surface area contributed by atoms with Gasteiger partial charge in [-0.3, -0.25) is 4.79 Å². The molecule has 1 N–H and O–H groups in total. The Bertz CT molecular complexity index is 1320. The molecule has 3 aromatic carbocycles. The van der Waals surface area contributed by atoms with Gasteiger partial charge in [0.05, 0.1) is 10.5 Å². The fraction of sp³-hybridized carbons (Fsp3) is 0.240. The van der Waals surface area contributed by atoms with E-state index in [0.29, 0.717) is 38.1 Å². The first-order valence-electron chi connectivity index (χ1n) is 10.7. The Morgan fingerprint density at radius 1 is 1.03 bits per heavy atom. The summed E-state index contributed by atoms with van der Waals surface area (Å²) in [6.07, 6.45) is 0. The second kappa shape index (κ2) is 11.8. The fourth-order valence-electron chi connectivity index (χ4n) is 3.13. The van der Waals surface area contributed by atoms with Gasteiger partial charge in [0.1, 0.15) is 11.5 Å². The van der Waals surface area contributed by atoms with Crippen LogP contribution in [0.15, 0.2) is 70.0 Å². The van der Waals surface area contributed by atoms with Crippen molar-refractivity contribution in [1.82, 2.24) is 9.62 Å². The highest BCUT2D eigenvalue weighted by Gasteiger charge is 2.22. The maximum Gasteiger partial charge on any atom is 0.255 e. The molecule has 0 unspecified atom stereocenters. The van der Waals surface area contributed by atoms with Gasteiger partial charge in [0.15, 0.2) is 0 Å². The lowest BCUT2D eigenvalue weighted by Gasteiger charge is -2.21. The number of nitrogens with one attached hydrogen (secondary N) is 1. The maximum atomic E-state index is 13.3. The van der Waals surface area contributed by atoms with E-state index in [2.05, 4.69) is 20.7 Å². The Morgan fingerprint density at radius 3 is 2.34 bits per heavy atom. The van der Waals surface area contributed by atoms with Gasteiger partial charge in [-0.2, -0.15) is 0 Å². The summed E-state index contributed by atoms with van der Waals surface area (Å²) in [7, 11) is -2.13. The van der Waals surface area contributed by atoms with Gasteiger partial charge in [0.25, 0.3) is 5.91 Å². The Morgan fingerprint density at radius 2 is 1.69 bits per heavy atom. The molecule has 0 atom stereocenters. The third-order valence-corrected chi connectivity index (χ3v) is 7.58. The minimum absolute atomic E-state index is 0.0209. The number of halogens is 3. The van der Waals surface area contributed by atoms with Crippen LogP contribution in [0.5, 0.6) is 11.5 Å². The molecular weight excluding hydrogens is 575 g/mol. The van der Waals surface area contributed by atoms with Crippen molar-refractivity contribution in [3.8, 4) is 11.5 Å². The molecule has 186 valence electrons. The second-order valence-corrected chi connectivity index (χ2v) is 11.9. The zero-order valence-corrected chi connectivity index (χ0v) is 23.3. The van der Waals surface area contributed by atoms with Crippen LogP contribution in [0.2, 0.25) is 10.0 Å². The van der Waals surface area contributed by atoms with Crippen molar-refractivity contribution in [3.63, 3.8) is 0 Å². The molecule has 0 fully saturated rings. The first-order valence-corrected chi connectivity index (χ1v) is 13.8. The molecule has 0 aliphatic carbocycles. The molecule has 0 saturated heterocycles. The van der Waals surface area contributed by atoms with Gasteiger partial charge in [0.2, 0.25) is 10.0 Å². The highest BCUT2D eigenvalue weighted by Crippen LogP contribution is 2.30. The molecule has 3 rings (SSSR count). The van der Waals surface area contributed by atoms with Crippen molar-refractivity contribution in [2.45, 2.75) is 25.3 Å². The van der Waals surface area contributed by atoms with Gasteiger partial charge in [-0.1, -0.05) is 37.0 Å². The Balaban J connectivity index is 1.84. The fourth-order valence-corrected chi connectivity index (χ4v) is 5.11. The van der Waals surface area contributed by atoms with Crippen LogP contribution in [0.3, 0.4) is 0 Å². The lowest BCUT2D eigenvalue weighted by atomic mass is 10.1. The molecule has 1 amide bonds. The van der Waals surface area contributed by atoms with E-state index < -0.39 is 10.0 Å². The molecule has 0 saturated carbocycles. The predicted octanol–water partition coefficient (Wildman–Crippen LogP) is 6.75. The first kappa shape index (κ1) is 27.5. The summed E-state index contributed by atoms with van der Waals surface area (Å²) < 4.78 is 34.4. The standard InChI is InChI=1S/C25H25BrCl2N2O4S/c1-16(2)14-29-35(32,33)21-9-10-23(26)22(13-21)25(31)30(3)15-17-12-19(28)6-11-24(17)34-20-7-4-18(27)5-8-20/h4-13,16,29H,14-15H2,1-3H3. The van der Waals surface area contributed by atoms with Crippen molar-refractivity contribution >= 4 is 55.1 Å². The summed E-state index contributed by atoms with van der Waals surface area (Å²) in [5, 5.41) is 1.09. The van der Waals surface area contributed by atoms with Gasteiger partial charge in [0, 0.05) is 40.2 Å². The van der Waals surface area contributed by atoms with Crippen molar-refractivity contribution in [1.29, 1.82) is 0 Å². The minimum Gasteiger partial charge on any atom is -0.457 e. The molecule has 0 radical (unpaired) electrons. The van der Waals surface area contributed by atoms with E-state index in [4.69, 9.17) is 27.9 Å². The van der Waals surface area contributed by atoms with Gasteiger partial charge < -0.3 is 9.64 Å². The summed E-state index contributed by atoms with van der Waals surface area (Å²) in [4.78, 5) is 14.8. The molecule has 0 bridgehead atoms. The number of carbonyl (C=O) groups excluding carboxylic acids is 1. The summed E-state index contributed by atoms with van der Waals surface area (Å²) in [5.41, 5.74) is 0.906. The third-order valence-electron chi connectivity index (χ3n) is 4.98. The number of carbonyl (C=O) groups is 1. The smallest absolute Gasteiger partial charge is 0.255 e. The van der Waals surface area contributed by atoms with E-state index in [9.17, 15) is 13.2 Å². The number of hydrogen-bond donors (Lipinski definition) is 1. The van der Waals surface area contributed by atoms with E-state index in [1.165, 1.54) is 17.0 Å². The number of ether oxygens (including phenoxy) is 1. The SMILES string of the molecule is CC(C)CNS(=O)(=O)c1ccc(Br)c(C(=O)N(C)Cc2cc(Cl)ccc2Oc2ccc(Cl)cc2)c1. The average molecular weight is 600 g/mol. The molecule has 0 heterocycles. The van der Waals surface area contributed by atoms with Crippen LogP contribution in [0.4, 0.5) is 0 Å². The number of nitrogens with zero attached hydrogens (tertiary/aromatic N) is 1. The molecule has 0 aliphatic heterocycles. The van der Waals surface area contributed by atoms with E-state index in [1.54, 1.807) is 55.6 Å². The number of rotatable bonds is 9. The summed E-state index contributed by atoms with van der Waals surface area (Å²) >= 11 is 15.5. The highest BCUT2D eigenvalue weighted by molar-refractivity contribution is 9.10. The Labute approximate surface area is 224 Å². The Kier molecular flexibility index (Phi) is 9.23. The third kappa shape index (κ3) is 7.44. The molecule has 10 heteroatoms. The quantitative estimate of drug-likeness (QED) is 0.295. The van der Waals surface area contributed by atoms with Crippen molar-refractivity contribution in [2.24, 2.45) is 5.92 Å². The van der Waals surface area contributed by atoms with E-state index in [0.717, 1.165) is 0 Å². The van der Waals surface area contributed by atoms with Crippen molar-refractivity contribution < 1.29 is 17.9 Å². The van der Waals surface area contributed by atoms with Gasteiger partial charge in [-0.25, -0.2) is 13.1 Å². The van der Waals surface area contributed by atoms with Crippen molar-refractivity contribution in [3.05, 3.63) is 86.3 Å². The van der Waals surface area contributed by atoms with E-state index >= 15 is 0 Å². The monoisotopic (exact) mass is 598 g/mol. The van der Waals surface area contributed by atoms with Gasteiger partial charge >= 0.3 is 0 Å². The molecule has 0 aliphatic rings. The first-order chi connectivity index (χ1) is 16.5. The molecule has 0 spiro atoms. The number of benzene rings is 3. The second-order valence-electron chi connectivity index (χ2n) is 8.36. The molecule has 6 nitrogen and oxygen atoms in total. The Hall–Kier alpha value is -2.10. The largest absolute Gasteiger partial charge is 0.457 e. The molecule has 3 aromatic rings. The summed E-state index contributed by atoms with van der Waals surface area (Å²) in [6.45, 7) is 4.30.